The summed E-state index contributed by atoms with van der Waals surface area (Å²) in [5, 5.41) is 10.5. The van der Waals surface area contributed by atoms with Crippen LogP contribution >= 0.6 is 0 Å². The minimum Gasteiger partial charge on any atom is -0.507 e. The van der Waals surface area contributed by atoms with Crippen LogP contribution in [-0.4, -0.2) is 35.9 Å². The zero-order valence-corrected chi connectivity index (χ0v) is 18.3. The van der Waals surface area contributed by atoms with E-state index >= 15 is 0 Å². The minimum atomic E-state index is -0.572. The summed E-state index contributed by atoms with van der Waals surface area (Å²) < 4.78 is 19.8. The van der Waals surface area contributed by atoms with E-state index in [4.69, 9.17) is 4.74 Å². The number of benzene rings is 2. The van der Waals surface area contributed by atoms with Crippen LogP contribution in [0, 0.1) is 5.82 Å². The minimum absolute atomic E-state index is 0.125. The number of methoxy groups -OCH3 is 1. The van der Waals surface area contributed by atoms with Crippen molar-refractivity contribution < 1.29 is 23.8 Å². The van der Waals surface area contributed by atoms with Gasteiger partial charge in [-0.1, -0.05) is 25.1 Å². The van der Waals surface area contributed by atoms with Crippen LogP contribution in [-0.2, 0) is 11.2 Å². The zero-order valence-electron chi connectivity index (χ0n) is 18.3. The lowest BCUT2D eigenvalue weighted by Gasteiger charge is -2.18. The Morgan fingerprint density at radius 3 is 2.59 bits per heavy atom. The van der Waals surface area contributed by atoms with Crippen molar-refractivity contribution in [1.82, 2.24) is 4.98 Å². The predicted octanol–water partition coefficient (Wildman–Crippen LogP) is 4.79. The van der Waals surface area contributed by atoms with Crippen molar-refractivity contribution in [3.8, 4) is 22.8 Å². The maximum absolute atomic E-state index is 14.6. The first kappa shape index (κ1) is 22.9. The van der Waals surface area contributed by atoms with Crippen LogP contribution in [0.15, 0.2) is 54.7 Å². The number of amides is 1. The van der Waals surface area contributed by atoms with Gasteiger partial charge in [0.1, 0.15) is 11.6 Å². The average molecular weight is 436 g/mol. The van der Waals surface area contributed by atoms with Gasteiger partial charge in [0.25, 0.3) is 0 Å². The standard InChI is InChI=1S/C25H25FN2O4/c1-4-24(31)28(2)21-11-8-17(14-20(21)26)19-10-7-18(15-23(19)30)22(29)12-9-16-6-5-13-27-25(16)32-3/h5-8,10-11,13-15,30H,4,9,12H2,1-3H3. The molecule has 32 heavy (non-hydrogen) atoms. The van der Waals surface area contributed by atoms with Crippen LogP contribution in [0.1, 0.15) is 35.7 Å². The predicted molar refractivity (Wildman–Crippen MR) is 121 cm³/mol. The van der Waals surface area contributed by atoms with Crippen molar-refractivity contribution in [1.29, 1.82) is 0 Å². The SMILES string of the molecule is CCC(=O)N(C)c1ccc(-c2ccc(C(=O)CCc3cccnc3OC)cc2O)cc1F. The number of hydrogen-bond acceptors (Lipinski definition) is 5. The zero-order chi connectivity index (χ0) is 23.3. The molecule has 2 aromatic carbocycles. The monoisotopic (exact) mass is 436 g/mol. The Balaban J connectivity index is 1.77. The number of Topliss-reactive ketones (excluding diaryl/α,β-unsaturated/α-hetero) is 1. The smallest absolute Gasteiger partial charge is 0.226 e. The van der Waals surface area contributed by atoms with Gasteiger partial charge in [-0.2, -0.15) is 0 Å². The van der Waals surface area contributed by atoms with Crippen molar-refractivity contribution in [3.05, 3.63) is 71.7 Å². The Labute approximate surface area is 186 Å². The Morgan fingerprint density at radius 2 is 1.94 bits per heavy atom. The molecule has 7 heteroatoms. The number of pyridine rings is 1. The first-order valence-corrected chi connectivity index (χ1v) is 10.3. The number of rotatable bonds is 8. The quantitative estimate of drug-likeness (QED) is 0.514. The van der Waals surface area contributed by atoms with E-state index < -0.39 is 5.82 Å². The second-order valence-electron chi connectivity index (χ2n) is 7.30. The number of phenolic OH excluding ortho intramolecular Hbond substituents is 1. The molecule has 3 rings (SSSR count). The van der Waals surface area contributed by atoms with Gasteiger partial charge in [-0.15, -0.1) is 0 Å². The summed E-state index contributed by atoms with van der Waals surface area (Å²) in [4.78, 5) is 29.8. The number of hydrogen-bond donors (Lipinski definition) is 1. The molecule has 1 amide bonds. The Hall–Kier alpha value is -3.74. The van der Waals surface area contributed by atoms with Crippen LogP contribution < -0.4 is 9.64 Å². The second kappa shape index (κ2) is 10.0. The number of nitrogens with zero attached hydrogens (tertiary/aromatic N) is 2. The molecule has 0 saturated carbocycles. The Morgan fingerprint density at radius 1 is 1.16 bits per heavy atom. The molecule has 3 aromatic rings. The lowest BCUT2D eigenvalue weighted by Crippen LogP contribution is -2.25. The van der Waals surface area contributed by atoms with E-state index in [0.717, 1.165) is 5.56 Å². The molecule has 0 atom stereocenters. The number of aryl methyl sites for hydroxylation is 1. The maximum atomic E-state index is 14.6. The van der Waals surface area contributed by atoms with Gasteiger partial charge in [0.2, 0.25) is 11.8 Å². The summed E-state index contributed by atoms with van der Waals surface area (Å²) in [7, 11) is 3.04. The first-order valence-electron chi connectivity index (χ1n) is 10.3. The molecule has 6 nitrogen and oxygen atoms in total. The molecular formula is C25H25FN2O4. The molecule has 1 N–H and O–H groups in total. The number of carbonyl (C=O) groups is 2. The number of anilines is 1. The van der Waals surface area contributed by atoms with Crippen LogP contribution in [0.3, 0.4) is 0 Å². The molecule has 166 valence electrons. The highest BCUT2D eigenvalue weighted by Crippen LogP contribution is 2.33. The normalized spacial score (nSPS) is 10.6. The fourth-order valence-electron chi connectivity index (χ4n) is 3.46. The highest BCUT2D eigenvalue weighted by atomic mass is 19.1. The lowest BCUT2D eigenvalue weighted by molar-refractivity contribution is -0.118. The van der Waals surface area contributed by atoms with Crippen LogP contribution in [0.25, 0.3) is 11.1 Å². The highest BCUT2D eigenvalue weighted by Gasteiger charge is 2.16. The van der Waals surface area contributed by atoms with Crippen molar-refractivity contribution in [2.45, 2.75) is 26.2 Å². The largest absolute Gasteiger partial charge is 0.507 e. The number of carbonyl (C=O) groups excluding carboxylic acids is 2. The van der Waals surface area contributed by atoms with E-state index in [1.807, 2.05) is 6.07 Å². The maximum Gasteiger partial charge on any atom is 0.226 e. The topological polar surface area (TPSA) is 79.7 Å². The van der Waals surface area contributed by atoms with Crippen LogP contribution in [0.5, 0.6) is 11.6 Å². The molecule has 0 radical (unpaired) electrons. The number of ketones is 1. The van der Waals surface area contributed by atoms with Gasteiger partial charge >= 0.3 is 0 Å². The second-order valence-corrected chi connectivity index (χ2v) is 7.30. The van der Waals surface area contributed by atoms with Crippen molar-refractivity contribution in [2.24, 2.45) is 0 Å². The summed E-state index contributed by atoms with van der Waals surface area (Å²) in [6, 6.07) is 12.6. The molecule has 0 saturated heterocycles. The number of aromatic nitrogens is 1. The molecule has 0 spiro atoms. The molecule has 0 unspecified atom stereocenters. The van der Waals surface area contributed by atoms with Crippen molar-refractivity contribution in [3.63, 3.8) is 0 Å². The van der Waals surface area contributed by atoms with Gasteiger partial charge < -0.3 is 14.7 Å². The van der Waals surface area contributed by atoms with Gasteiger partial charge in [0, 0.05) is 42.8 Å². The molecule has 1 heterocycles. The molecular weight excluding hydrogens is 411 g/mol. The van der Waals surface area contributed by atoms with Gasteiger partial charge in [0.05, 0.1) is 12.8 Å². The van der Waals surface area contributed by atoms with Crippen molar-refractivity contribution in [2.75, 3.05) is 19.1 Å². The number of halogens is 1. The summed E-state index contributed by atoms with van der Waals surface area (Å²) in [6.45, 7) is 1.71. The van der Waals surface area contributed by atoms with E-state index in [1.54, 1.807) is 37.4 Å². The molecule has 0 aliphatic carbocycles. The van der Waals surface area contributed by atoms with E-state index in [9.17, 15) is 19.1 Å². The van der Waals surface area contributed by atoms with Crippen molar-refractivity contribution >= 4 is 17.4 Å². The third-order valence-corrected chi connectivity index (χ3v) is 5.28. The number of phenols is 1. The van der Waals surface area contributed by atoms with E-state index in [0.29, 0.717) is 29.0 Å². The van der Waals surface area contributed by atoms with E-state index in [-0.39, 0.29) is 36.0 Å². The van der Waals surface area contributed by atoms with Gasteiger partial charge in [-0.05, 0) is 42.3 Å². The average Bonchev–Trinajstić information content (AvgIpc) is 2.81. The lowest BCUT2D eigenvalue weighted by atomic mass is 9.98. The molecule has 0 bridgehead atoms. The van der Waals surface area contributed by atoms with E-state index in [1.165, 1.54) is 37.3 Å². The van der Waals surface area contributed by atoms with Gasteiger partial charge in [-0.25, -0.2) is 9.37 Å². The third-order valence-electron chi connectivity index (χ3n) is 5.28. The summed E-state index contributed by atoms with van der Waals surface area (Å²) >= 11 is 0. The Kier molecular flexibility index (Phi) is 7.20. The summed E-state index contributed by atoms with van der Waals surface area (Å²) in [6.07, 6.45) is 2.56. The summed E-state index contributed by atoms with van der Waals surface area (Å²) in [5.74, 6) is -0.558. The van der Waals surface area contributed by atoms with E-state index in [2.05, 4.69) is 4.98 Å². The van der Waals surface area contributed by atoms with Gasteiger partial charge in [-0.3, -0.25) is 9.59 Å². The third kappa shape index (κ3) is 4.94. The fraction of sp³-hybridized carbons (Fsp3) is 0.240. The number of ether oxygens (including phenoxy) is 1. The Bertz CT molecular complexity index is 1150. The fourth-order valence-corrected chi connectivity index (χ4v) is 3.46. The number of aromatic hydroxyl groups is 1. The highest BCUT2D eigenvalue weighted by molar-refractivity contribution is 5.97. The van der Waals surface area contributed by atoms with Gasteiger partial charge in [0.15, 0.2) is 5.78 Å². The van der Waals surface area contributed by atoms with Crippen LogP contribution in [0.2, 0.25) is 0 Å². The summed E-state index contributed by atoms with van der Waals surface area (Å²) in [5.41, 5.74) is 2.19. The molecule has 1 aromatic heterocycles. The van der Waals surface area contributed by atoms with Crippen LogP contribution in [0.4, 0.5) is 10.1 Å². The molecule has 0 aliphatic heterocycles. The first-order chi connectivity index (χ1) is 15.3. The molecule has 0 aliphatic rings. The molecule has 0 fully saturated rings.